The number of carbonyl (C=O) groups is 2. The monoisotopic (exact) mass is 332 g/mol. The average Bonchev–Trinajstić information content (AvgIpc) is 2.60. The van der Waals surface area contributed by atoms with Crippen molar-refractivity contribution in [3.63, 3.8) is 0 Å². The number of carbonyl (C=O) groups excluding carboxylic acids is 1. The highest BCUT2D eigenvalue weighted by atomic mass is 16.4. The summed E-state index contributed by atoms with van der Waals surface area (Å²) in [5.41, 5.74) is 1.27. The van der Waals surface area contributed by atoms with E-state index < -0.39 is 5.97 Å². The highest BCUT2D eigenvalue weighted by Gasteiger charge is 2.26. The number of amides is 1. The maximum Gasteiger partial charge on any atom is 0.317 e. The fraction of sp³-hybridized carbons (Fsp3) is 0.579. The molecule has 1 N–H and O–H groups in total. The molecule has 0 atom stereocenters. The van der Waals surface area contributed by atoms with Crippen LogP contribution in [0.1, 0.15) is 38.2 Å². The van der Waals surface area contributed by atoms with E-state index >= 15 is 0 Å². The Morgan fingerprint density at radius 1 is 1.21 bits per heavy atom. The Kier molecular flexibility index (Phi) is 7.25. The molecule has 0 saturated carbocycles. The van der Waals surface area contributed by atoms with E-state index in [-0.39, 0.29) is 18.5 Å². The van der Waals surface area contributed by atoms with Gasteiger partial charge in [-0.1, -0.05) is 37.3 Å². The standard InChI is InChI=1S/C19H28N2O3/c1-2-20(15-19(23)24)17-11-13-21(14-12-17)18(22)10-6-9-16-7-4-3-5-8-16/h3-5,7-8,17H,2,6,9-15H2,1H3,(H,23,24). The molecule has 1 fully saturated rings. The maximum atomic E-state index is 12.3. The van der Waals surface area contributed by atoms with Crippen LogP contribution in [-0.2, 0) is 16.0 Å². The minimum atomic E-state index is -0.781. The minimum Gasteiger partial charge on any atom is -0.480 e. The zero-order valence-electron chi connectivity index (χ0n) is 14.5. The number of hydrogen-bond donors (Lipinski definition) is 1. The third kappa shape index (κ3) is 5.64. The first kappa shape index (κ1) is 18.5. The predicted octanol–water partition coefficient (Wildman–Crippen LogP) is 2.41. The van der Waals surface area contributed by atoms with Crippen molar-refractivity contribution in [3.8, 4) is 0 Å². The minimum absolute atomic E-state index is 0.0895. The lowest BCUT2D eigenvalue weighted by Crippen LogP contribution is -2.48. The van der Waals surface area contributed by atoms with Crippen LogP contribution < -0.4 is 0 Å². The Hall–Kier alpha value is -1.88. The second-order valence-electron chi connectivity index (χ2n) is 6.41. The summed E-state index contributed by atoms with van der Waals surface area (Å²) in [7, 11) is 0. The molecule has 132 valence electrons. The van der Waals surface area contributed by atoms with Gasteiger partial charge in [-0.05, 0) is 37.8 Å². The summed E-state index contributed by atoms with van der Waals surface area (Å²) in [6, 6.07) is 10.5. The van der Waals surface area contributed by atoms with Crippen molar-refractivity contribution in [1.29, 1.82) is 0 Å². The van der Waals surface area contributed by atoms with E-state index in [1.807, 2.05) is 34.9 Å². The van der Waals surface area contributed by atoms with Crippen LogP contribution in [0.15, 0.2) is 30.3 Å². The van der Waals surface area contributed by atoms with Crippen LogP contribution in [0.3, 0.4) is 0 Å². The highest BCUT2D eigenvalue weighted by molar-refractivity contribution is 5.76. The second kappa shape index (κ2) is 9.42. The van der Waals surface area contributed by atoms with Crippen molar-refractivity contribution in [2.24, 2.45) is 0 Å². The van der Waals surface area contributed by atoms with E-state index in [1.54, 1.807) is 0 Å². The number of benzene rings is 1. The largest absolute Gasteiger partial charge is 0.480 e. The van der Waals surface area contributed by atoms with E-state index in [2.05, 4.69) is 12.1 Å². The van der Waals surface area contributed by atoms with Crippen molar-refractivity contribution >= 4 is 11.9 Å². The zero-order valence-corrected chi connectivity index (χ0v) is 14.5. The van der Waals surface area contributed by atoms with Gasteiger partial charge in [-0.2, -0.15) is 0 Å². The van der Waals surface area contributed by atoms with Crippen LogP contribution in [0, 0.1) is 0 Å². The van der Waals surface area contributed by atoms with Crippen LogP contribution in [-0.4, -0.2) is 59.0 Å². The SMILES string of the molecule is CCN(CC(=O)O)C1CCN(C(=O)CCCc2ccccc2)CC1. The third-order valence-corrected chi connectivity index (χ3v) is 4.78. The van der Waals surface area contributed by atoms with Gasteiger partial charge in [0.05, 0.1) is 6.54 Å². The summed E-state index contributed by atoms with van der Waals surface area (Å²) >= 11 is 0. The first-order valence-corrected chi connectivity index (χ1v) is 8.87. The molecule has 1 amide bonds. The first-order valence-electron chi connectivity index (χ1n) is 8.87. The lowest BCUT2D eigenvalue weighted by Gasteiger charge is -2.37. The summed E-state index contributed by atoms with van der Waals surface area (Å²) in [6.07, 6.45) is 4.14. The Labute approximate surface area is 144 Å². The van der Waals surface area contributed by atoms with Crippen molar-refractivity contribution in [2.75, 3.05) is 26.2 Å². The number of likely N-dealkylation sites (N-methyl/N-ethyl adjacent to an activating group) is 1. The number of rotatable bonds is 8. The number of piperidine rings is 1. The van der Waals surface area contributed by atoms with Crippen LogP contribution in [0.5, 0.6) is 0 Å². The van der Waals surface area contributed by atoms with Gasteiger partial charge >= 0.3 is 5.97 Å². The molecule has 0 spiro atoms. The zero-order chi connectivity index (χ0) is 17.4. The molecular formula is C19H28N2O3. The summed E-state index contributed by atoms with van der Waals surface area (Å²) in [5.74, 6) is -0.554. The molecule has 0 radical (unpaired) electrons. The molecule has 0 unspecified atom stereocenters. The number of carboxylic acid groups (broad SMARTS) is 1. The fourth-order valence-corrected chi connectivity index (χ4v) is 3.40. The van der Waals surface area contributed by atoms with Crippen molar-refractivity contribution in [3.05, 3.63) is 35.9 Å². The molecule has 5 heteroatoms. The summed E-state index contributed by atoms with van der Waals surface area (Å²) in [6.45, 7) is 4.30. The number of likely N-dealkylation sites (tertiary alicyclic amines) is 1. The van der Waals surface area contributed by atoms with Gasteiger partial charge in [0.25, 0.3) is 0 Å². The molecule has 1 aliphatic heterocycles. The van der Waals surface area contributed by atoms with Gasteiger partial charge in [0.15, 0.2) is 0 Å². The smallest absolute Gasteiger partial charge is 0.317 e. The molecule has 1 aliphatic rings. The molecule has 0 bridgehead atoms. The van der Waals surface area contributed by atoms with Crippen LogP contribution in [0.25, 0.3) is 0 Å². The quantitative estimate of drug-likeness (QED) is 0.794. The highest BCUT2D eigenvalue weighted by Crippen LogP contribution is 2.18. The molecule has 0 aliphatic carbocycles. The van der Waals surface area contributed by atoms with Gasteiger partial charge in [0.2, 0.25) is 5.91 Å². The number of carboxylic acids is 1. The van der Waals surface area contributed by atoms with Crippen molar-refractivity contribution < 1.29 is 14.7 Å². The van der Waals surface area contributed by atoms with Crippen LogP contribution in [0.2, 0.25) is 0 Å². The Balaban J connectivity index is 1.71. The molecule has 24 heavy (non-hydrogen) atoms. The summed E-state index contributed by atoms with van der Waals surface area (Å²) < 4.78 is 0. The Bertz CT molecular complexity index is 525. The fourth-order valence-electron chi connectivity index (χ4n) is 3.40. The van der Waals surface area contributed by atoms with Crippen molar-refractivity contribution in [1.82, 2.24) is 9.80 Å². The normalized spacial score (nSPS) is 15.7. The molecule has 1 heterocycles. The topological polar surface area (TPSA) is 60.9 Å². The number of aryl methyl sites for hydroxylation is 1. The summed E-state index contributed by atoms with van der Waals surface area (Å²) in [4.78, 5) is 27.2. The van der Waals surface area contributed by atoms with Gasteiger partial charge in [-0.3, -0.25) is 14.5 Å². The van der Waals surface area contributed by atoms with Gasteiger partial charge in [-0.25, -0.2) is 0 Å². The molecule has 0 aromatic heterocycles. The maximum absolute atomic E-state index is 12.3. The molecule has 1 aromatic carbocycles. The molecule has 5 nitrogen and oxygen atoms in total. The number of aliphatic carboxylic acids is 1. The van der Waals surface area contributed by atoms with Crippen LogP contribution in [0.4, 0.5) is 0 Å². The van der Waals surface area contributed by atoms with Gasteiger partial charge in [0.1, 0.15) is 0 Å². The predicted molar refractivity (Wildman–Crippen MR) is 93.9 cm³/mol. The van der Waals surface area contributed by atoms with Gasteiger partial charge in [-0.15, -0.1) is 0 Å². The van der Waals surface area contributed by atoms with E-state index in [0.29, 0.717) is 6.42 Å². The lowest BCUT2D eigenvalue weighted by molar-refractivity contribution is -0.140. The summed E-state index contributed by atoms with van der Waals surface area (Å²) in [5, 5.41) is 8.97. The lowest BCUT2D eigenvalue weighted by atomic mass is 10.0. The van der Waals surface area contributed by atoms with E-state index in [0.717, 1.165) is 45.3 Å². The first-order chi connectivity index (χ1) is 11.6. The molecule has 2 rings (SSSR count). The van der Waals surface area contributed by atoms with E-state index in [1.165, 1.54) is 5.56 Å². The van der Waals surface area contributed by atoms with E-state index in [9.17, 15) is 9.59 Å². The Morgan fingerprint density at radius 3 is 2.46 bits per heavy atom. The number of nitrogens with zero attached hydrogens (tertiary/aromatic N) is 2. The molecule has 1 aromatic rings. The molecular weight excluding hydrogens is 304 g/mol. The van der Waals surface area contributed by atoms with Crippen molar-refractivity contribution in [2.45, 2.75) is 45.1 Å². The average molecular weight is 332 g/mol. The van der Waals surface area contributed by atoms with Gasteiger partial charge < -0.3 is 10.0 Å². The Morgan fingerprint density at radius 2 is 1.88 bits per heavy atom. The number of hydrogen-bond acceptors (Lipinski definition) is 3. The molecule has 1 saturated heterocycles. The van der Waals surface area contributed by atoms with Gasteiger partial charge in [0, 0.05) is 25.6 Å². The van der Waals surface area contributed by atoms with Crippen LogP contribution >= 0.6 is 0 Å². The third-order valence-electron chi connectivity index (χ3n) is 4.78. The van der Waals surface area contributed by atoms with E-state index in [4.69, 9.17) is 5.11 Å². The second-order valence-corrected chi connectivity index (χ2v) is 6.41.